The number of hydrogen-bond acceptors (Lipinski definition) is 4. The third-order valence-electron chi connectivity index (χ3n) is 6.33. The predicted molar refractivity (Wildman–Crippen MR) is 129 cm³/mol. The molecular formula is C27H26N2O4. The zero-order valence-electron chi connectivity index (χ0n) is 18.8. The lowest BCUT2D eigenvalue weighted by atomic mass is 9.96. The summed E-state index contributed by atoms with van der Waals surface area (Å²) in [7, 11) is 1.59. The first-order valence-corrected chi connectivity index (χ1v) is 11.2. The van der Waals surface area contributed by atoms with Crippen molar-refractivity contribution in [3.63, 3.8) is 0 Å². The van der Waals surface area contributed by atoms with E-state index in [4.69, 9.17) is 9.15 Å². The van der Waals surface area contributed by atoms with Crippen LogP contribution in [0.4, 0.5) is 5.69 Å². The Morgan fingerprint density at radius 2 is 1.82 bits per heavy atom. The van der Waals surface area contributed by atoms with E-state index in [1.165, 1.54) is 0 Å². The Morgan fingerprint density at radius 1 is 1.03 bits per heavy atom. The zero-order valence-corrected chi connectivity index (χ0v) is 18.8. The summed E-state index contributed by atoms with van der Waals surface area (Å²) in [5.41, 5.74) is 3.80. The molecule has 1 aliphatic heterocycles. The van der Waals surface area contributed by atoms with Gasteiger partial charge in [-0.15, -0.1) is 0 Å². The van der Waals surface area contributed by atoms with Crippen LogP contribution in [0.2, 0.25) is 0 Å². The summed E-state index contributed by atoms with van der Waals surface area (Å²) < 4.78 is 11.5. The molecule has 5 rings (SSSR count). The highest BCUT2D eigenvalue weighted by atomic mass is 16.5. The fourth-order valence-electron chi connectivity index (χ4n) is 4.51. The van der Waals surface area contributed by atoms with Crippen LogP contribution < -0.4 is 10.1 Å². The van der Waals surface area contributed by atoms with Gasteiger partial charge in [-0.25, -0.2) is 0 Å². The van der Waals surface area contributed by atoms with Crippen LogP contribution in [0.3, 0.4) is 0 Å². The van der Waals surface area contributed by atoms with E-state index in [1.54, 1.807) is 12.0 Å². The Morgan fingerprint density at radius 3 is 2.61 bits per heavy atom. The highest BCUT2D eigenvalue weighted by Gasteiger charge is 2.29. The minimum absolute atomic E-state index is 0.0335. The summed E-state index contributed by atoms with van der Waals surface area (Å²) in [6, 6.07) is 19.1. The first-order valence-electron chi connectivity index (χ1n) is 11.2. The van der Waals surface area contributed by atoms with Crippen LogP contribution in [0.15, 0.2) is 65.1 Å². The fraction of sp³-hybridized carbons (Fsp3) is 0.259. The van der Waals surface area contributed by atoms with Crippen LogP contribution >= 0.6 is 0 Å². The molecule has 0 radical (unpaired) electrons. The number of hydrogen-bond donors (Lipinski definition) is 1. The molecule has 0 spiro atoms. The summed E-state index contributed by atoms with van der Waals surface area (Å²) in [6.07, 6.45) is 1.52. The molecular weight excluding hydrogens is 416 g/mol. The van der Waals surface area contributed by atoms with Gasteiger partial charge >= 0.3 is 0 Å². The molecule has 6 nitrogen and oxygen atoms in total. The van der Waals surface area contributed by atoms with Gasteiger partial charge in [-0.2, -0.15) is 0 Å². The molecule has 2 amide bonds. The summed E-state index contributed by atoms with van der Waals surface area (Å²) in [5, 5.41) is 4.95. The maximum atomic E-state index is 13.2. The van der Waals surface area contributed by atoms with Crippen molar-refractivity contribution in [2.75, 3.05) is 25.5 Å². The summed E-state index contributed by atoms with van der Waals surface area (Å²) in [5.74, 6) is 0.133. The number of fused-ring (bicyclic) bond motifs is 3. The van der Waals surface area contributed by atoms with Crippen molar-refractivity contribution in [2.24, 2.45) is 5.92 Å². The number of carbonyl (C=O) groups excluding carboxylic acids is 2. The van der Waals surface area contributed by atoms with E-state index < -0.39 is 0 Å². The molecule has 1 saturated heterocycles. The van der Waals surface area contributed by atoms with Crippen LogP contribution in [0.1, 0.15) is 28.8 Å². The standard InChI is InChI=1S/C27H26N2O4/c1-17-9-11-18(12-10-17)27(31)29-13-5-6-19(16-29)26(30)28-22-15-24-21(14-25(22)32-2)20-7-3-4-8-23(20)33-24/h3-4,7-12,14-15,19H,5-6,13,16H2,1-2H3,(H,28,30). The molecule has 6 heteroatoms. The number of piperidine rings is 1. The van der Waals surface area contributed by atoms with Gasteiger partial charge in [-0.1, -0.05) is 35.9 Å². The lowest BCUT2D eigenvalue weighted by Gasteiger charge is -2.32. The number of benzene rings is 3. The third-order valence-corrected chi connectivity index (χ3v) is 6.33. The average molecular weight is 443 g/mol. The molecule has 168 valence electrons. The minimum atomic E-state index is -0.288. The summed E-state index contributed by atoms with van der Waals surface area (Å²) in [4.78, 5) is 27.9. The number of para-hydroxylation sites is 1. The Bertz CT molecular complexity index is 1340. The number of aryl methyl sites for hydroxylation is 1. The molecule has 0 saturated carbocycles. The van der Waals surface area contributed by atoms with Crippen LogP contribution in [0.5, 0.6) is 5.75 Å². The van der Waals surface area contributed by atoms with Crippen LogP contribution in [0, 0.1) is 12.8 Å². The number of methoxy groups -OCH3 is 1. The van der Waals surface area contributed by atoms with Gasteiger partial charge in [0.25, 0.3) is 5.91 Å². The lowest BCUT2D eigenvalue weighted by molar-refractivity contribution is -0.121. The van der Waals surface area contributed by atoms with Gasteiger partial charge in [-0.05, 0) is 44.0 Å². The second-order valence-corrected chi connectivity index (χ2v) is 8.59. The fourth-order valence-corrected chi connectivity index (χ4v) is 4.51. The van der Waals surface area contributed by atoms with Crippen molar-refractivity contribution in [3.05, 3.63) is 71.8 Å². The number of furan rings is 1. The second kappa shape index (κ2) is 8.62. The molecule has 0 aliphatic carbocycles. The van der Waals surface area contributed by atoms with Gasteiger partial charge in [-0.3, -0.25) is 9.59 Å². The Balaban J connectivity index is 1.35. The van der Waals surface area contributed by atoms with E-state index in [0.717, 1.165) is 34.8 Å². The largest absolute Gasteiger partial charge is 0.495 e. The lowest BCUT2D eigenvalue weighted by Crippen LogP contribution is -2.43. The first kappa shape index (κ1) is 21.1. The zero-order chi connectivity index (χ0) is 22.9. The number of anilines is 1. The van der Waals surface area contributed by atoms with Gasteiger partial charge in [0.15, 0.2) is 0 Å². The highest BCUT2D eigenvalue weighted by molar-refractivity contribution is 6.08. The monoisotopic (exact) mass is 442 g/mol. The van der Waals surface area contributed by atoms with Crippen LogP contribution in [0.25, 0.3) is 21.9 Å². The van der Waals surface area contributed by atoms with Crippen molar-refractivity contribution in [3.8, 4) is 5.75 Å². The first-order chi connectivity index (χ1) is 16.0. The smallest absolute Gasteiger partial charge is 0.253 e. The van der Waals surface area contributed by atoms with Gasteiger partial charge < -0.3 is 19.4 Å². The topological polar surface area (TPSA) is 71.8 Å². The molecule has 4 aromatic rings. The quantitative estimate of drug-likeness (QED) is 0.460. The van der Waals surface area contributed by atoms with Crippen LogP contribution in [-0.2, 0) is 4.79 Å². The number of nitrogens with one attached hydrogen (secondary N) is 1. The van der Waals surface area contributed by atoms with E-state index in [2.05, 4.69) is 5.32 Å². The predicted octanol–water partition coefficient (Wildman–Crippen LogP) is 5.39. The number of nitrogens with zero attached hydrogens (tertiary/aromatic N) is 1. The van der Waals surface area contributed by atoms with E-state index in [9.17, 15) is 9.59 Å². The normalized spacial score (nSPS) is 16.2. The Hall–Kier alpha value is -3.80. The molecule has 1 fully saturated rings. The maximum Gasteiger partial charge on any atom is 0.253 e. The van der Waals surface area contributed by atoms with E-state index in [0.29, 0.717) is 35.7 Å². The molecule has 0 bridgehead atoms. The van der Waals surface area contributed by atoms with Crippen molar-refractivity contribution in [1.82, 2.24) is 4.90 Å². The van der Waals surface area contributed by atoms with Crippen molar-refractivity contribution >= 4 is 39.4 Å². The Labute approximate surface area is 192 Å². The van der Waals surface area contributed by atoms with Gasteiger partial charge in [0.1, 0.15) is 16.9 Å². The van der Waals surface area contributed by atoms with Gasteiger partial charge in [0.05, 0.1) is 18.7 Å². The van der Waals surface area contributed by atoms with Gasteiger partial charge in [0, 0.05) is 35.5 Å². The number of likely N-dealkylation sites (tertiary alicyclic amines) is 1. The number of amides is 2. The van der Waals surface area contributed by atoms with Gasteiger partial charge in [0.2, 0.25) is 5.91 Å². The number of ether oxygens (including phenoxy) is 1. The van der Waals surface area contributed by atoms with Crippen molar-refractivity contribution < 1.29 is 18.7 Å². The summed E-state index contributed by atoms with van der Waals surface area (Å²) in [6.45, 7) is 3.05. The molecule has 2 heterocycles. The molecule has 1 N–H and O–H groups in total. The van der Waals surface area contributed by atoms with E-state index >= 15 is 0 Å². The molecule has 3 aromatic carbocycles. The molecule has 1 unspecified atom stereocenters. The molecule has 1 aliphatic rings. The SMILES string of the molecule is COc1cc2c(cc1NC(=O)C1CCCN(C(=O)c3ccc(C)cc3)C1)oc1ccccc12. The number of rotatable bonds is 4. The number of carbonyl (C=O) groups is 2. The second-order valence-electron chi connectivity index (χ2n) is 8.59. The van der Waals surface area contributed by atoms with Crippen LogP contribution in [-0.4, -0.2) is 36.9 Å². The molecule has 1 aromatic heterocycles. The highest BCUT2D eigenvalue weighted by Crippen LogP contribution is 2.36. The summed E-state index contributed by atoms with van der Waals surface area (Å²) >= 11 is 0. The minimum Gasteiger partial charge on any atom is -0.495 e. The van der Waals surface area contributed by atoms with E-state index in [-0.39, 0.29) is 17.7 Å². The third kappa shape index (κ3) is 4.04. The van der Waals surface area contributed by atoms with Crippen molar-refractivity contribution in [2.45, 2.75) is 19.8 Å². The average Bonchev–Trinajstić information content (AvgIpc) is 3.21. The molecule has 33 heavy (non-hydrogen) atoms. The van der Waals surface area contributed by atoms with E-state index in [1.807, 2.05) is 67.6 Å². The maximum absolute atomic E-state index is 13.2. The molecule has 1 atom stereocenters. The van der Waals surface area contributed by atoms with Crippen molar-refractivity contribution in [1.29, 1.82) is 0 Å². The Kier molecular flexibility index (Phi) is 5.50.